The number of halogens is 1. The predicted octanol–water partition coefficient (Wildman–Crippen LogP) is 1.50. The first-order valence-electron chi connectivity index (χ1n) is 5.87. The van der Waals surface area contributed by atoms with Gasteiger partial charge in [-0.3, -0.25) is 4.90 Å². The van der Waals surface area contributed by atoms with Crippen molar-refractivity contribution in [3.63, 3.8) is 0 Å². The lowest BCUT2D eigenvalue weighted by Crippen LogP contribution is -2.47. The minimum atomic E-state index is 0.549. The highest BCUT2D eigenvalue weighted by Crippen LogP contribution is 2.16. The molecule has 0 N–H and O–H groups in total. The molecule has 4 nitrogen and oxygen atoms in total. The second-order valence-corrected chi connectivity index (χ2v) is 4.55. The van der Waals surface area contributed by atoms with E-state index in [0.717, 1.165) is 45.0 Å². The molecule has 0 atom stereocenters. The van der Waals surface area contributed by atoms with Crippen LogP contribution >= 0.6 is 11.6 Å². The zero-order chi connectivity index (χ0) is 12.1. The van der Waals surface area contributed by atoms with Gasteiger partial charge in [-0.2, -0.15) is 0 Å². The van der Waals surface area contributed by atoms with Crippen molar-refractivity contribution < 1.29 is 4.74 Å². The molecule has 0 bridgehead atoms. The molecule has 0 saturated carbocycles. The average Bonchev–Trinajstić information content (AvgIpc) is 2.38. The zero-order valence-electron chi connectivity index (χ0n) is 10.1. The van der Waals surface area contributed by atoms with Gasteiger partial charge in [0.2, 0.25) is 0 Å². The Hall–Kier alpha value is -0.840. The molecule has 1 aromatic heterocycles. The molecule has 1 aromatic rings. The highest BCUT2D eigenvalue weighted by atomic mass is 35.5. The van der Waals surface area contributed by atoms with Gasteiger partial charge in [-0.1, -0.05) is 11.6 Å². The molecule has 0 unspecified atom stereocenters. The summed E-state index contributed by atoms with van der Waals surface area (Å²) in [6.07, 6.45) is 1.84. The summed E-state index contributed by atoms with van der Waals surface area (Å²) in [5.41, 5.74) is 1.15. The number of piperazine rings is 1. The Kier molecular flexibility index (Phi) is 4.59. The average molecular weight is 256 g/mol. The Labute approximate surface area is 107 Å². The van der Waals surface area contributed by atoms with Crippen molar-refractivity contribution in [2.75, 3.05) is 51.3 Å². The van der Waals surface area contributed by atoms with Gasteiger partial charge in [-0.25, -0.2) is 4.98 Å². The summed E-state index contributed by atoms with van der Waals surface area (Å²) in [7, 11) is 1.75. The van der Waals surface area contributed by atoms with Crippen molar-refractivity contribution in [2.45, 2.75) is 0 Å². The van der Waals surface area contributed by atoms with E-state index < -0.39 is 0 Å². The van der Waals surface area contributed by atoms with Crippen LogP contribution in [0.15, 0.2) is 18.3 Å². The fourth-order valence-corrected chi connectivity index (χ4v) is 2.12. The van der Waals surface area contributed by atoms with E-state index in [9.17, 15) is 0 Å². The van der Waals surface area contributed by atoms with Crippen LogP contribution in [0.4, 0.5) is 5.69 Å². The van der Waals surface area contributed by atoms with Crippen molar-refractivity contribution in [1.82, 2.24) is 9.88 Å². The summed E-state index contributed by atoms with van der Waals surface area (Å²) in [6, 6.07) is 3.87. The van der Waals surface area contributed by atoms with E-state index >= 15 is 0 Å². The number of rotatable bonds is 4. The van der Waals surface area contributed by atoms with Crippen LogP contribution in [-0.2, 0) is 4.74 Å². The molecule has 17 heavy (non-hydrogen) atoms. The molecule has 0 aliphatic carbocycles. The molecule has 5 heteroatoms. The Morgan fingerprint density at radius 2 is 2.06 bits per heavy atom. The molecule has 1 saturated heterocycles. The maximum Gasteiger partial charge on any atom is 0.129 e. The number of anilines is 1. The van der Waals surface area contributed by atoms with Gasteiger partial charge >= 0.3 is 0 Å². The van der Waals surface area contributed by atoms with Crippen LogP contribution < -0.4 is 4.90 Å². The Balaban J connectivity index is 1.84. The molecule has 0 spiro atoms. The fourth-order valence-electron chi connectivity index (χ4n) is 2.01. The van der Waals surface area contributed by atoms with Gasteiger partial charge in [-0.15, -0.1) is 0 Å². The second kappa shape index (κ2) is 6.19. The van der Waals surface area contributed by atoms with E-state index in [1.807, 2.05) is 18.3 Å². The Morgan fingerprint density at radius 3 is 2.65 bits per heavy atom. The van der Waals surface area contributed by atoms with E-state index in [1.54, 1.807) is 7.11 Å². The standard InChI is InChI=1S/C12H18ClN3O/c1-17-9-8-15-4-6-16(7-5-15)11-2-3-12(13)14-10-11/h2-3,10H,4-9H2,1H3. The number of nitrogens with zero attached hydrogens (tertiary/aromatic N) is 3. The van der Waals surface area contributed by atoms with Gasteiger partial charge in [0.05, 0.1) is 18.5 Å². The van der Waals surface area contributed by atoms with E-state index in [4.69, 9.17) is 16.3 Å². The van der Waals surface area contributed by atoms with Crippen LogP contribution in [0, 0.1) is 0 Å². The molecule has 0 amide bonds. The largest absolute Gasteiger partial charge is 0.383 e. The number of hydrogen-bond donors (Lipinski definition) is 0. The molecule has 0 aromatic carbocycles. The number of pyridine rings is 1. The molecular weight excluding hydrogens is 238 g/mol. The van der Waals surface area contributed by atoms with Crippen molar-refractivity contribution in [3.05, 3.63) is 23.5 Å². The van der Waals surface area contributed by atoms with Crippen LogP contribution in [0.1, 0.15) is 0 Å². The fraction of sp³-hybridized carbons (Fsp3) is 0.583. The summed E-state index contributed by atoms with van der Waals surface area (Å²) in [6.45, 7) is 6.05. The zero-order valence-corrected chi connectivity index (χ0v) is 10.9. The smallest absolute Gasteiger partial charge is 0.129 e. The van der Waals surface area contributed by atoms with Crippen molar-refractivity contribution in [3.8, 4) is 0 Å². The molecule has 94 valence electrons. The van der Waals surface area contributed by atoms with Gasteiger partial charge in [-0.05, 0) is 12.1 Å². The predicted molar refractivity (Wildman–Crippen MR) is 69.8 cm³/mol. The summed E-state index contributed by atoms with van der Waals surface area (Å²) in [4.78, 5) is 8.87. The van der Waals surface area contributed by atoms with Crippen molar-refractivity contribution in [1.29, 1.82) is 0 Å². The van der Waals surface area contributed by atoms with E-state index in [2.05, 4.69) is 14.8 Å². The third-order valence-corrected chi connectivity index (χ3v) is 3.28. The number of hydrogen-bond acceptors (Lipinski definition) is 4. The quantitative estimate of drug-likeness (QED) is 0.763. The maximum atomic E-state index is 5.78. The normalized spacial score (nSPS) is 17.4. The molecule has 1 fully saturated rings. The highest BCUT2D eigenvalue weighted by molar-refractivity contribution is 6.29. The Bertz CT molecular complexity index is 336. The van der Waals surface area contributed by atoms with Crippen LogP contribution in [0.3, 0.4) is 0 Å². The highest BCUT2D eigenvalue weighted by Gasteiger charge is 2.16. The van der Waals surface area contributed by atoms with E-state index in [-0.39, 0.29) is 0 Å². The second-order valence-electron chi connectivity index (χ2n) is 4.16. The molecular formula is C12H18ClN3O. The van der Waals surface area contributed by atoms with Gasteiger partial charge in [0.15, 0.2) is 0 Å². The first-order valence-corrected chi connectivity index (χ1v) is 6.25. The summed E-state index contributed by atoms with van der Waals surface area (Å²) >= 11 is 5.78. The summed E-state index contributed by atoms with van der Waals surface area (Å²) < 4.78 is 5.09. The minimum absolute atomic E-state index is 0.549. The lowest BCUT2D eigenvalue weighted by atomic mass is 10.3. The van der Waals surface area contributed by atoms with Crippen LogP contribution in [-0.4, -0.2) is 56.3 Å². The monoisotopic (exact) mass is 255 g/mol. The van der Waals surface area contributed by atoms with E-state index in [0.29, 0.717) is 5.15 Å². The van der Waals surface area contributed by atoms with Crippen molar-refractivity contribution >= 4 is 17.3 Å². The van der Waals surface area contributed by atoms with Crippen LogP contribution in [0.2, 0.25) is 5.15 Å². The molecule has 2 heterocycles. The van der Waals surface area contributed by atoms with E-state index in [1.165, 1.54) is 0 Å². The molecule has 0 radical (unpaired) electrons. The number of methoxy groups -OCH3 is 1. The number of ether oxygens (including phenoxy) is 1. The minimum Gasteiger partial charge on any atom is -0.383 e. The first-order chi connectivity index (χ1) is 8.29. The topological polar surface area (TPSA) is 28.6 Å². The van der Waals surface area contributed by atoms with Gasteiger partial charge < -0.3 is 9.64 Å². The van der Waals surface area contributed by atoms with Crippen molar-refractivity contribution in [2.24, 2.45) is 0 Å². The molecule has 2 rings (SSSR count). The lowest BCUT2D eigenvalue weighted by molar-refractivity contribution is 0.144. The van der Waals surface area contributed by atoms with Crippen LogP contribution in [0.25, 0.3) is 0 Å². The van der Waals surface area contributed by atoms with Gasteiger partial charge in [0.1, 0.15) is 5.15 Å². The third-order valence-electron chi connectivity index (χ3n) is 3.06. The number of aromatic nitrogens is 1. The first kappa shape index (κ1) is 12.6. The SMILES string of the molecule is COCCN1CCN(c2ccc(Cl)nc2)CC1. The summed E-state index contributed by atoms with van der Waals surface area (Å²) in [5, 5.41) is 0.549. The third kappa shape index (κ3) is 3.56. The lowest BCUT2D eigenvalue weighted by Gasteiger charge is -2.35. The molecule has 1 aliphatic heterocycles. The van der Waals surface area contributed by atoms with Gasteiger partial charge in [0.25, 0.3) is 0 Å². The van der Waals surface area contributed by atoms with Gasteiger partial charge in [0, 0.05) is 39.8 Å². The maximum absolute atomic E-state index is 5.78. The molecule has 1 aliphatic rings. The van der Waals surface area contributed by atoms with Crippen LogP contribution in [0.5, 0.6) is 0 Å². The summed E-state index contributed by atoms with van der Waals surface area (Å²) in [5.74, 6) is 0. The Morgan fingerprint density at radius 1 is 1.29 bits per heavy atom.